The number of nitrogens with two attached hydrogens (primary N) is 1. The molecule has 0 spiro atoms. The molecule has 0 saturated carbocycles. The van der Waals surface area contributed by atoms with Gasteiger partial charge in [0.25, 0.3) is 0 Å². The summed E-state index contributed by atoms with van der Waals surface area (Å²) in [6, 6.07) is 13.4. The van der Waals surface area contributed by atoms with Gasteiger partial charge in [-0.05, 0) is 40.7 Å². The van der Waals surface area contributed by atoms with Crippen molar-refractivity contribution in [3.05, 3.63) is 77.5 Å². The van der Waals surface area contributed by atoms with Gasteiger partial charge in [0.2, 0.25) is 0 Å². The van der Waals surface area contributed by atoms with Gasteiger partial charge in [0, 0.05) is 36.3 Å². The minimum atomic E-state index is -0.932. The molecule has 1 atom stereocenters. The molecule has 134 valence electrons. The lowest BCUT2D eigenvalue weighted by atomic mass is 9.84. The van der Waals surface area contributed by atoms with E-state index in [1.54, 1.807) is 24.3 Å². The van der Waals surface area contributed by atoms with Crippen molar-refractivity contribution in [2.45, 2.75) is 12.3 Å². The Morgan fingerprint density at radius 1 is 1.19 bits per heavy atom. The van der Waals surface area contributed by atoms with E-state index in [1.807, 2.05) is 42.6 Å². The fraction of sp³-hybridized carbons (Fsp3) is 0.143. The van der Waals surface area contributed by atoms with Gasteiger partial charge in [-0.3, -0.25) is 9.78 Å². The standard InChI is InChI=1S/C21H19BN2O3/c23-12-19(16-3-4-21-17(11-16)5-7-22(26)27-21)20(25)10-14-1-2-18-13-24-8-6-15(18)9-14/h1-9,11,13,19,26H,10,12,23H2. The van der Waals surface area contributed by atoms with Crippen molar-refractivity contribution >= 4 is 29.8 Å². The molecule has 1 aliphatic rings. The minimum absolute atomic E-state index is 0.0756. The molecule has 1 unspecified atom stereocenters. The van der Waals surface area contributed by atoms with Crippen LogP contribution in [0.1, 0.15) is 22.6 Å². The van der Waals surface area contributed by atoms with Gasteiger partial charge >= 0.3 is 7.12 Å². The van der Waals surface area contributed by atoms with Crippen molar-refractivity contribution < 1.29 is 14.5 Å². The van der Waals surface area contributed by atoms with E-state index >= 15 is 0 Å². The number of fused-ring (bicyclic) bond motifs is 2. The smallest absolute Gasteiger partial charge is 0.532 e. The summed E-state index contributed by atoms with van der Waals surface area (Å²) in [6.45, 7) is 0.238. The quantitative estimate of drug-likeness (QED) is 0.685. The number of Topliss-reactive ketones (excluding diaryl/α,β-unsaturated/α-hetero) is 1. The normalized spacial score (nSPS) is 13.9. The van der Waals surface area contributed by atoms with E-state index in [9.17, 15) is 9.82 Å². The molecule has 2 aromatic carbocycles. The highest BCUT2D eigenvalue weighted by atomic mass is 16.5. The largest absolute Gasteiger partial charge is 0.552 e. The number of pyridine rings is 1. The summed E-state index contributed by atoms with van der Waals surface area (Å²) in [5.74, 6) is 1.85. The first kappa shape index (κ1) is 17.5. The molecule has 1 aromatic heterocycles. The predicted octanol–water partition coefficient (Wildman–Crippen LogP) is 2.51. The van der Waals surface area contributed by atoms with Crippen LogP contribution in [0.5, 0.6) is 5.75 Å². The maximum absolute atomic E-state index is 12.9. The molecule has 0 aliphatic carbocycles. The van der Waals surface area contributed by atoms with Crippen LogP contribution in [0, 0.1) is 0 Å². The number of nitrogens with zero attached hydrogens (tertiary/aromatic N) is 1. The SMILES string of the molecule is NCC(C(=O)Cc1ccc2cnccc2c1)c1ccc2c(c1)C=CB(O)O2. The van der Waals surface area contributed by atoms with Crippen LogP contribution in [0.25, 0.3) is 16.8 Å². The maximum Gasteiger partial charge on any atom is 0.552 e. The van der Waals surface area contributed by atoms with E-state index in [2.05, 4.69) is 4.98 Å². The average molecular weight is 358 g/mol. The fourth-order valence-electron chi connectivity index (χ4n) is 3.40. The van der Waals surface area contributed by atoms with E-state index in [0.29, 0.717) is 12.2 Å². The van der Waals surface area contributed by atoms with Crippen LogP contribution in [0.3, 0.4) is 0 Å². The molecule has 3 N–H and O–H groups in total. The second-order valence-corrected chi connectivity index (χ2v) is 6.65. The molecule has 3 aromatic rings. The Kier molecular flexibility index (Phi) is 4.75. The van der Waals surface area contributed by atoms with Gasteiger partial charge < -0.3 is 15.4 Å². The number of benzene rings is 2. The maximum atomic E-state index is 12.9. The molecule has 0 fully saturated rings. The molecule has 27 heavy (non-hydrogen) atoms. The minimum Gasteiger partial charge on any atom is -0.532 e. The molecule has 0 amide bonds. The molecule has 5 nitrogen and oxygen atoms in total. The van der Waals surface area contributed by atoms with Crippen LogP contribution in [0.2, 0.25) is 0 Å². The van der Waals surface area contributed by atoms with E-state index < -0.39 is 7.12 Å². The molecule has 2 heterocycles. The van der Waals surface area contributed by atoms with Crippen molar-refractivity contribution in [3.63, 3.8) is 0 Å². The second-order valence-electron chi connectivity index (χ2n) is 6.65. The van der Waals surface area contributed by atoms with E-state index in [1.165, 1.54) is 0 Å². The Morgan fingerprint density at radius 3 is 2.93 bits per heavy atom. The highest BCUT2D eigenvalue weighted by Crippen LogP contribution is 2.29. The number of aromatic nitrogens is 1. The van der Waals surface area contributed by atoms with Crippen molar-refractivity contribution in [2.24, 2.45) is 5.73 Å². The topological polar surface area (TPSA) is 85.4 Å². The zero-order chi connectivity index (χ0) is 18.8. The van der Waals surface area contributed by atoms with Crippen LogP contribution in [-0.2, 0) is 11.2 Å². The molecular formula is C21H19BN2O3. The Balaban J connectivity index is 1.57. The number of rotatable bonds is 5. The van der Waals surface area contributed by atoms with Crippen LogP contribution >= 0.6 is 0 Å². The Labute approximate surface area is 157 Å². The lowest BCUT2D eigenvalue weighted by Gasteiger charge is -2.19. The molecule has 6 heteroatoms. The molecule has 1 aliphatic heterocycles. The summed E-state index contributed by atoms with van der Waals surface area (Å²) in [5.41, 5.74) is 8.58. The van der Waals surface area contributed by atoms with E-state index in [4.69, 9.17) is 10.4 Å². The number of ketones is 1. The third-order valence-electron chi connectivity index (χ3n) is 4.83. The molecule has 0 saturated heterocycles. The fourth-order valence-corrected chi connectivity index (χ4v) is 3.40. The van der Waals surface area contributed by atoms with Crippen LogP contribution < -0.4 is 10.4 Å². The first-order chi connectivity index (χ1) is 13.1. The summed E-state index contributed by atoms with van der Waals surface area (Å²) < 4.78 is 5.34. The van der Waals surface area contributed by atoms with Crippen molar-refractivity contribution in [1.82, 2.24) is 4.98 Å². The summed E-state index contributed by atoms with van der Waals surface area (Å²) in [4.78, 5) is 17.0. The summed E-state index contributed by atoms with van der Waals surface area (Å²) in [7, 11) is -0.932. The Bertz CT molecular complexity index is 1030. The number of carbonyl (C=O) groups excluding carboxylic acids is 1. The summed E-state index contributed by atoms with van der Waals surface area (Å²) in [5, 5.41) is 11.6. The summed E-state index contributed by atoms with van der Waals surface area (Å²) >= 11 is 0. The van der Waals surface area contributed by atoms with Gasteiger partial charge in [-0.25, -0.2) is 0 Å². The van der Waals surface area contributed by atoms with Gasteiger partial charge in [0.1, 0.15) is 11.5 Å². The average Bonchev–Trinajstić information content (AvgIpc) is 2.68. The predicted molar refractivity (Wildman–Crippen MR) is 106 cm³/mol. The third kappa shape index (κ3) is 3.63. The van der Waals surface area contributed by atoms with Crippen molar-refractivity contribution in [2.75, 3.05) is 6.54 Å². The van der Waals surface area contributed by atoms with Crippen LogP contribution in [0.4, 0.5) is 0 Å². The van der Waals surface area contributed by atoms with E-state index in [-0.39, 0.29) is 18.2 Å². The first-order valence-corrected chi connectivity index (χ1v) is 8.86. The number of carbonyl (C=O) groups is 1. The van der Waals surface area contributed by atoms with E-state index in [0.717, 1.165) is 27.5 Å². The van der Waals surface area contributed by atoms with Crippen molar-refractivity contribution in [3.8, 4) is 5.75 Å². The lowest BCUT2D eigenvalue weighted by molar-refractivity contribution is -0.119. The Morgan fingerprint density at radius 2 is 2.07 bits per heavy atom. The van der Waals surface area contributed by atoms with Gasteiger partial charge in [-0.1, -0.05) is 30.3 Å². The zero-order valence-corrected chi connectivity index (χ0v) is 14.7. The second kappa shape index (κ2) is 7.35. The summed E-state index contributed by atoms with van der Waals surface area (Å²) in [6.07, 6.45) is 5.67. The number of hydrogen-bond acceptors (Lipinski definition) is 5. The van der Waals surface area contributed by atoms with Gasteiger partial charge in [-0.15, -0.1) is 0 Å². The molecule has 4 rings (SSSR count). The third-order valence-corrected chi connectivity index (χ3v) is 4.83. The Hall–Kier alpha value is -2.96. The molecule has 0 bridgehead atoms. The van der Waals surface area contributed by atoms with Crippen LogP contribution in [-0.4, -0.2) is 29.5 Å². The molecular weight excluding hydrogens is 339 g/mol. The first-order valence-electron chi connectivity index (χ1n) is 8.86. The lowest BCUT2D eigenvalue weighted by Crippen LogP contribution is -2.24. The zero-order valence-electron chi connectivity index (χ0n) is 14.7. The number of hydrogen-bond donors (Lipinski definition) is 2. The van der Waals surface area contributed by atoms with Crippen molar-refractivity contribution in [1.29, 1.82) is 0 Å². The van der Waals surface area contributed by atoms with Crippen LogP contribution in [0.15, 0.2) is 60.8 Å². The monoisotopic (exact) mass is 358 g/mol. The van der Waals surface area contributed by atoms with Gasteiger partial charge in [0.15, 0.2) is 0 Å². The highest BCUT2D eigenvalue weighted by molar-refractivity contribution is 6.51. The molecule has 0 radical (unpaired) electrons. The highest BCUT2D eigenvalue weighted by Gasteiger charge is 2.23. The van der Waals surface area contributed by atoms with Gasteiger partial charge in [0.05, 0.1) is 5.92 Å². The van der Waals surface area contributed by atoms with Gasteiger partial charge in [-0.2, -0.15) is 0 Å².